The molecule has 0 radical (unpaired) electrons. The summed E-state index contributed by atoms with van der Waals surface area (Å²) in [5, 5.41) is 0. The zero-order valence-electron chi connectivity index (χ0n) is 14.0. The summed E-state index contributed by atoms with van der Waals surface area (Å²) in [5.74, 6) is 0. The van der Waals surface area contributed by atoms with Crippen molar-refractivity contribution in [2.24, 2.45) is 0 Å². The quantitative estimate of drug-likeness (QED) is 0.553. The van der Waals surface area contributed by atoms with Crippen molar-refractivity contribution >= 4 is 18.2 Å². The minimum Gasteiger partial charge on any atom is -0.257 e. The van der Waals surface area contributed by atoms with Crippen molar-refractivity contribution in [3.05, 3.63) is 110 Å². The van der Waals surface area contributed by atoms with Gasteiger partial charge in [-0.3, -0.25) is 15.0 Å². The summed E-state index contributed by atoms with van der Waals surface area (Å²) in [5.41, 5.74) is 2.77. The van der Waals surface area contributed by atoms with Crippen LogP contribution in [0.2, 0.25) is 0 Å². The maximum Gasteiger partial charge on any atom is 0.0623 e. The molecule has 0 spiro atoms. The Morgan fingerprint density at radius 2 is 0.800 bits per heavy atom. The first-order chi connectivity index (χ1) is 11.8. The van der Waals surface area contributed by atoms with Gasteiger partial charge < -0.3 is 0 Å². The molecule has 0 unspecified atom stereocenters. The number of hydrogen-bond acceptors (Lipinski definition) is 3. The molecule has 3 nitrogen and oxygen atoms in total. The van der Waals surface area contributed by atoms with Gasteiger partial charge in [0.1, 0.15) is 0 Å². The molecule has 0 saturated carbocycles. The molecule has 0 saturated heterocycles. The predicted octanol–water partition coefficient (Wildman–Crippen LogP) is 5.17. The van der Waals surface area contributed by atoms with Gasteiger partial charge in [-0.25, -0.2) is 0 Å². The first-order valence-corrected chi connectivity index (χ1v) is 7.40. The van der Waals surface area contributed by atoms with Crippen LogP contribution >= 0.6 is 0 Å². The summed E-state index contributed by atoms with van der Waals surface area (Å²) >= 11 is 0. The van der Waals surface area contributed by atoms with E-state index in [-0.39, 0.29) is 19.5 Å². The molecule has 0 aromatic carbocycles. The van der Waals surface area contributed by atoms with E-state index in [1.54, 1.807) is 36.8 Å². The molecule has 25 heavy (non-hydrogen) atoms. The summed E-state index contributed by atoms with van der Waals surface area (Å²) in [6, 6.07) is 17.2. The molecule has 3 heterocycles. The Kier molecular flexibility index (Phi) is 13.2. The Hall–Kier alpha value is -2.71. The Bertz CT molecular complexity index is 610. The number of aromatic nitrogens is 3. The molecule has 128 valence electrons. The molecular weight excluding hydrogens is 395 g/mol. The van der Waals surface area contributed by atoms with Crippen LogP contribution in [0, 0.1) is 0 Å². The van der Waals surface area contributed by atoms with Crippen LogP contribution in [0.5, 0.6) is 0 Å². The van der Waals surface area contributed by atoms with E-state index < -0.39 is 0 Å². The molecule has 3 aromatic heterocycles. The maximum atomic E-state index is 3.98. The van der Waals surface area contributed by atoms with E-state index in [0.717, 1.165) is 17.1 Å². The Morgan fingerprint density at radius 1 is 0.520 bits per heavy atom. The van der Waals surface area contributed by atoms with Gasteiger partial charge in [0.15, 0.2) is 0 Å². The van der Waals surface area contributed by atoms with Crippen LogP contribution in [0.15, 0.2) is 92.9 Å². The van der Waals surface area contributed by atoms with Gasteiger partial charge in [0.2, 0.25) is 0 Å². The van der Waals surface area contributed by atoms with Crippen LogP contribution in [-0.2, 0) is 19.5 Å². The van der Waals surface area contributed by atoms with Crippen LogP contribution in [-0.4, -0.2) is 15.0 Å². The van der Waals surface area contributed by atoms with Crippen molar-refractivity contribution in [2.45, 2.75) is 0 Å². The molecule has 3 rings (SSSR count). The van der Waals surface area contributed by atoms with Crippen LogP contribution in [0.25, 0.3) is 18.2 Å². The largest absolute Gasteiger partial charge is 0.257 e. The van der Waals surface area contributed by atoms with Crippen molar-refractivity contribution in [1.29, 1.82) is 0 Å². The predicted molar refractivity (Wildman–Crippen MR) is 103 cm³/mol. The molecule has 0 aliphatic heterocycles. The second kappa shape index (κ2) is 14.9. The normalized spacial score (nSPS) is 8.16. The molecule has 0 atom stereocenters. The number of pyridine rings is 3. The Morgan fingerprint density at radius 3 is 0.920 bits per heavy atom. The average Bonchev–Trinajstić information content (AvgIpc) is 2.71. The Labute approximate surface area is 162 Å². The maximum absolute atomic E-state index is 3.98. The minimum absolute atomic E-state index is 0. The van der Waals surface area contributed by atoms with E-state index in [1.807, 2.05) is 54.6 Å². The molecule has 4 heteroatoms. The third-order valence-electron chi connectivity index (χ3n) is 2.69. The van der Waals surface area contributed by atoms with E-state index in [9.17, 15) is 0 Å². The first kappa shape index (κ1) is 22.3. The van der Waals surface area contributed by atoms with Crippen molar-refractivity contribution in [2.75, 3.05) is 0 Å². The van der Waals surface area contributed by atoms with Gasteiger partial charge in [0.25, 0.3) is 0 Å². The topological polar surface area (TPSA) is 38.7 Å². The van der Waals surface area contributed by atoms with E-state index in [1.165, 1.54) is 0 Å². The first-order valence-electron chi connectivity index (χ1n) is 7.40. The summed E-state index contributed by atoms with van der Waals surface area (Å²) in [6.45, 7) is 10.7. The summed E-state index contributed by atoms with van der Waals surface area (Å²) in [4.78, 5) is 11.9. The third kappa shape index (κ3) is 10.6. The monoisotopic (exact) mass is 417 g/mol. The van der Waals surface area contributed by atoms with Crippen LogP contribution in [0.3, 0.4) is 0 Å². The van der Waals surface area contributed by atoms with Gasteiger partial charge in [0.05, 0.1) is 17.1 Å². The fraction of sp³-hybridized carbons (Fsp3) is 0. The van der Waals surface area contributed by atoms with Crippen LogP contribution < -0.4 is 0 Å². The smallest absolute Gasteiger partial charge is 0.0623 e. The summed E-state index contributed by atoms with van der Waals surface area (Å²) in [6.07, 6.45) is 10.4. The van der Waals surface area contributed by atoms with Gasteiger partial charge in [-0.15, -0.1) is 0 Å². The number of hydrogen-bond donors (Lipinski definition) is 0. The van der Waals surface area contributed by atoms with E-state index in [4.69, 9.17) is 0 Å². The summed E-state index contributed by atoms with van der Waals surface area (Å²) < 4.78 is 0. The molecule has 0 bridgehead atoms. The van der Waals surface area contributed by atoms with Crippen molar-refractivity contribution < 1.29 is 19.5 Å². The number of rotatable bonds is 3. The average molecular weight is 416 g/mol. The van der Waals surface area contributed by atoms with Gasteiger partial charge in [-0.05, 0) is 54.6 Å². The third-order valence-corrected chi connectivity index (χ3v) is 2.69. The SMILES string of the molecule is C=Cc1ccccn1.C=Cc1ccccn1.C=Cc1ccccn1.[Ru]. The van der Waals surface area contributed by atoms with Crippen LogP contribution in [0.4, 0.5) is 0 Å². The van der Waals surface area contributed by atoms with Gasteiger partial charge in [0, 0.05) is 38.1 Å². The molecule has 3 aromatic rings. The van der Waals surface area contributed by atoms with E-state index in [0.29, 0.717) is 0 Å². The van der Waals surface area contributed by atoms with E-state index in [2.05, 4.69) is 34.7 Å². The molecule has 0 fully saturated rings. The zero-order valence-corrected chi connectivity index (χ0v) is 15.7. The summed E-state index contributed by atoms with van der Waals surface area (Å²) in [7, 11) is 0. The van der Waals surface area contributed by atoms with Gasteiger partial charge in [-0.2, -0.15) is 0 Å². The molecule has 0 amide bonds. The zero-order chi connectivity index (χ0) is 17.5. The molecule has 0 aliphatic rings. The second-order valence-corrected chi connectivity index (χ2v) is 4.38. The van der Waals surface area contributed by atoms with Crippen LogP contribution in [0.1, 0.15) is 17.1 Å². The molecular formula is C21H21N3Ru. The minimum atomic E-state index is 0. The Balaban J connectivity index is 0.000000339. The van der Waals surface area contributed by atoms with E-state index >= 15 is 0 Å². The number of nitrogens with zero attached hydrogens (tertiary/aromatic N) is 3. The fourth-order valence-electron chi connectivity index (χ4n) is 1.49. The van der Waals surface area contributed by atoms with Crippen molar-refractivity contribution in [3.8, 4) is 0 Å². The van der Waals surface area contributed by atoms with Gasteiger partial charge in [-0.1, -0.05) is 37.9 Å². The van der Waals surface area contributed by atoms with Crippen molar-refractivity contribution in [3.63, 3.8) is 0 Å². The standard InChI is InChI=1S/3C7H7N.Ru/c3*1-2-7-5-3-4-6-8-7;/h3*2-6H,1H2;. The fourth-order valence-corrected chi connectivity index (χ4v) is 1.49. The molecule has 0 aliphatic carbocycles. The van der Waals surface area contributed by atoms with Crippen molar-refractivity contribution in [1.82, 2.24) is 15.0 Å². The van der Waals surface area contributed by atoms with Gasteiger partial charge >= 0.3 is 0 Å². The second-order valence-electron chi connectivity index (χ2n) is 4.38. The molecule has 0 N–H and O–H groups in total.